The minimum absolute atomic E-state index is 0.145. The predicted octanol–water partition coefficient (Wildman–Crippen LogP) is 4.39. The molecule has 1 aromatic heterocycles. The summed E-state index contributed by atoms with van der Waals surface area (Å²) in [5, 5.41) is 16.3. The van der Waals surface area contributed by atoms with E-state index < -0.39 is 0 Å². The fourth-order valence-corrected chi connectivity index (χ4v) is 2.72. The molecular formula is C14H16N2O2S. The molecule has 0 spiro atoms. The lowest BCUT2D eigenvalue weighted by Crippen LogP contribution is -2.05. The SMILES string of the molecule is CCc1ccc(NC(C)c2cccs2)cc1[N+](=O)[O-]. The second-order valence-electron chi connectivity index (χ2n) is 4.34. The quantitative estimate of drug-likeness (QED) is 0.650. The number of hydrogen-bond acceptors (Lipinski definition) is 4. The van der Waals surface area contributed by atoms with Gasteiger partial charge in [0, 0.05) is 22.2 Å². The van der Waals surface area contributed by atoms with Gasteiger partial charge in [0.15, 0.2) is 0 Å². The molecular weight excluding hydrogens is 260 g/mol. The van der Waals surface area contributed by atoms with Crippen molar-refractivity contribution in [1.82, 2.24) is 0 Å². The van der Waals surface area contributed by atoms with Crippen molar-refractivity contribution in [2.75, 3.05) is 5.32 Å². The Morgan fingerprint density at radius 2 is 2.21 bits per heavy atom. The number of nitro benzene ring substituents is 1. The van der Waals surface area contributed by atoms with Gasteiger partial charge in [-0.15, -0.1) is 11.3 Å². The molecule has 0 aliphatic heterocycles. The van der Waals surface area contributed by atoms with Gasteiger partial charge in [0.25, 0.3) is 5.69 Å². The van der Waals surface area contributed by atoms with E-state index in [2.05, 4.69) is 11.4 Å². The highest BCUT2D eigenvalue weighted by atomic mass is 32.1. The topological polar surface area (TPSA) is 55.2 Å². The predicted molar refractivity (Wildman–Crippen MR) is 78.8 cm³/mol. The maximum atomic E-state index is 11.0. The van der Waals surface area contributed by atoms with Gasteiger partial charge in [-0.3, -0.25) is 10.1 Å². The number of nitro groups is 1. The van der Waals surface area contributed by atoms with Crippen molar-refractivity contribution in [1.29, 1.82) is 0 Å². The molecule has 0 aliphatic rings. The average Bonchev–Trinajstić information content (AvgIpc) is 2.92. The Morgan fingerprint density at radius 1 is 1.42 bits per heavy atom. The number of nitrogens with zero attached hydrogens (tertiary/aromatic N) is 1. The molecule has 0 saturated heterocycles. The third-order valence-electron chi connectivity index (χ3n) is 3.02. The average molecular weight is 276 g/mol. The van der Waals surface area contributed by atoms with Gasteiger partial charge < -0.3 is 5.32 Å². The minimum Gasteiger partial charge on any atom is -0.378 e. The van der Waals surface area contributed by atoms with E-state index in [1.807, 2.05) is 37.4 Å². The molecule has 0 saturated carbocycles. The molecule has 1 unspecified atom stereocenters. The Bertz CT molecular complexity index is 567. The molecule has 19 heavy (non-hydrogen) atoms. The van der Waals surface area contributed by atoms with Gasteiger partial charge in [0.2, 0.25) is 0 Å². The lowest BCUT2D eigenvalue weighted by molar-refractivity contribution is -0.385. The van der Waals surface area contributed by atoms with E-state index in [9.17, 15) is 10.1 Å². The molecule has 0 bridgehead atoms. The first-order valence-corrected chi connectivity index (χ1v) is 7.07. The van der Waals surface area contributed by atoms with Gasteiger partial charge >= 0.3 is 0 Å². The Balaban J connectivity index is 2.21. The van der Waals surface area contributed by atoms with Crippen LogP contribution in [0.5, 0.6) is 0 Å². The van der Waals surface area contributed by atoms with Crippen LogP contribution in [0.3, 0.4) is 0 Å². The number of aryl methyl sites for hydroxylation is 1. The van der Waals surface area contributed by atoms with Crippen LogP contribution in [0.2, 0.25) is 0 Å². The standard InChI is InChI=1S/C14H16N2O2S/c1-3-11-6-7-12(9-13(11)16(17)18)15-10(2)14-5-4-8-19-14/h4-10,15H,3H2,1-2H3. The normalized spacial score (nSPS) is 12.1. The fourth-order valence-electron chi connectivity index (χ4n) is 1.98. The Kier molecular flexibility index (Phi) is 4.16. The first-order valence-electron chi connectivity index (χ1n) is 6.19. The molecule has 0 fully saturated rings. The summed E-state index contributed by atoms with van der Waals surface area (Å²) in [7, 11) is 0. The summed E-state index contributed by atoms with van der Waals surface area (Å²) in [6, 6.07) is 9.53. The number of anilines is 1. The molecule has 1 N–H and O–H groups in total. The molecule has 100 valence electrons. The van der Waals surface area contributed by atoms with Crippen molar-refractivity contribution in [2.24, 2.45) is 0 Å². The van der Waals surface area contributed by atoms with Crippen LogP contribution < -0.4 is 5.32 Å². The molecule has 5 heteroatoms. The molecule has 1 atom stereocenters. The maximum absolute atomic E-state index is 11.0. The van der Waals surface area contributed by atoms with Crippen LogP contribution in [-0.2, 0) is 6.42 Å². The molecule has 1 heterocycles. The van der Waals surface area contributed by atoms with Crippen LogP contribution in [0.4, 0.5) is 11.4 Å². The van der Waals surface area contributed by atoms with E-state index in [4.69, 9.17) is 0 Å². The van der Waals surface area contributed by atoms with Crippen LogP contribution in [0.25, 0.3) is 0 Å². The maximum Gasteiger partial charge on any atom is 0.274 e. The second kappa shape index (κ2) is 5.84. The molecule has 0 amide bonds. The summed E-state index contributed by atoms with van der Waals surface area (Å²) < 4.78 is 0. The summed E-state index contributed by atoms with van der Waals surface area (Å²) in [4.78, 5) is 11.9. The van der Waals surface area contributed by atoms with Crippen LogP contribution in [0, 0.1) is 10.1 Å². The van der Waals surface area contributed by atoms with E-state index in [0.29, 0.717) is 6.42 Å². The number of thiophene rings is 1. The van der Waals surface area contributed by atoms with Gasteiger partial charge in [-0.25, -0.2) is 0 Å². The van der Waals surface area contributed by atoms with Crippen molar-refractivity contribution in [2.45, 2.75) is 26.3 Å². The van der Waals surface area contributed by atoms with Gasteiger partial charge in [0.1, 0.15) is 0 Å². The first-order chi connectivity index (χ1) is 9.11. The van der Waals surface area contributed by atoms with Crippen molar-refractivity contribution >= 4 is 22.7 Å². The Labute approximate surface area is 116 Å². The van der Waals surface area contributed by atoms with Crippen LogP contribution in [-0.4, -0.2) is 4.92 Å². The zero-order valence-electron chi connectivity index (χ0n) is 10.9. The summed E-state index contributed by atoms with van der Waals surface area (Å²) >= 11 is 1.67. The van der Waals surface area contributed by atoms with Gasteiger partial charge in [0.05, 0.1) is 11.0 Å². The summed E-state index contributed by atoms with van der Waals surface area (Å²) in [5.74, 6) is 0. The molecule has 0 radical (unpaired) electrons. The lowest BCUT2D eigenvalue weighted by atomic mass is 10.1. The van der Waals surface area contributed by atoms with Crippen molar-refractivity contribution in [3.05, 3.63) is 56.3 Å². The number of hydrogen-bond donors (Lipinski definition) is 1. The highest BCUT2D eigenvalue weighted by Gasteiger charge is 2.14. The highest BCUT2D eigenvalue weighted by molar-refractivity contribution is 7.10. The molecule has 2 aromatic rings. The molecule has 1 aromatic carbocycles. The van der Waals surface area contributed by atoms with E-state index >= 15 is 0 Å². The van der Waals surface area contributed by atoms with E-state index in [-0.39, 0.29) is 16.7 Å². The zero-order chi connectivity index (χ0) is 13.8. The lowest BCUT2D eigenvalue weighted by Gasteiger charge is -2.14. The van der Waals surface area contributed by atoms with E-state index in [0.717, 1.165) is 11.3 Å². The molecule has 2 rings (SSSR count). The fraction of sp³-hybridized carbons (Fsp3) is 0.286. The summed E-state index contributed by atoms with van der Waals surface area (Å²) in [5.41, 5.74) is 1.73. The van der Waals surface area contributed by atoms with Gasteiger partial charge in [-0.1, -0.05) is 19.1 Å². The van der Waals surface area contributed by atoms with Gasteiger partial charge in [-0.05, 0) is 30.9 Å². The van der Waals surface area contributed by atoms with Crippen molar-refractivity contribution in [3.8, 4) is 0 Å². The summed E-state index contributed by atoms with van der Waals surface area (Å²) in [6.45, 7) is 3.97. The van der Waals surface area contributed by atoms with E-state index in [1.165, 1.54) is 4.88 Å². The third-order valence-corrected chi connectivity index (χ3v) is 4.07. The largest absolute Gasteiger partial charge is 0.378 e. The first kappa shape index (κ1) is 13.5. The second-order valence-corrected chi connectivity index (χ2v) is 5.31. The highest BCUT2D eigenvalue weighted by Crippen LogP contribution is 2.27. The van der Waals surface area contributed by atoms with Crippen molar-refractivity contribution in [3.63, 3.8) is 0 Å². The minimum atomic E-state index is -0.320. The zero-order valence-corrected chi connectivity index (χ0v) is 11.7. The summed E-state index contributed by atoms with van der Waals surface area (Å²) in [6.07, 6.45) is 0.664. The van der Waals surface area contributed by atoms with Crippen LogP contribution in [0.15, 0.2) is 35.7 Å². The van der Waals surface area contributed by atoms with Crippen molar-refractivity contribution < 1.29 is 4.92 Å². The molecule has 0 aliphatic carbocycles. The number of nitrogens with one attached hydrogen (secondary N) is 1. The number of benzene rings is 1. The monoisotopic (exact) mass is 276 g/mol. The third kappa shape index (κ3) is 3.12. The molecule has 4 nitrogen and oxygen atoms in total. The Morgan fingerprint density at radius 3 is 2.79 bits per heavy atom. The Hall–Kier alpha value is -1.88. The van der Waals surface area contributed by atoms with Gasteiger partial charge in [-0.2, -0.15) is 0 Å². The smallest absolute Gasteiger partial charge is 0.274 e. The number of rotatable bonds is 5. The van der Waals surface area contributed by atoms with Crippen LogP contribution >= 0.6 is 11.3 Å². The van der Waals surface area contributed by atoms with Crippen LogP contribution in [0.1, 0.15) is 30.3 Å². The van der Waals surface area contributed by atoms with E-state index in [1.54, 1.807) is 17.4 Å².